The van der Waals surface area contributed by atoms with Gasteiger partial charge in [-0.2, -0.15) is 0 Å². The molecule has 1 aliphatic rings. The van der Waals surface area contributed by atoms with Crippen LogP contribution in [0.3, 0.4) is 0 Å². The van der Waals surface area contributed by atoms with Crippen LogP contribution in [-0.2, 0) is 6.42 Å². The second-order valence-corrected chi connectivity index (χ2v) is 4.12. The second kappa shape index (κ2) is 3.54. The number of hydrogen-bond acceptors (Lipinski definition) is 2. The summed E-state index contributed by atoms with van der Waals surface area (Å²) in [7, 11) is 0. The van der Waals surface area contributed by atoms with Crippen LogP contribution in [0, 0.1) is 0 Å². The summed E-state index contributed by atoms with van der Waals surface area (Å²) in [6.07, 6.45) is 4.83. The summed E-state index contributed by atoms with van der Waals surface area (Å²) in [5, 5.41) is 0. The lowest BCUT2D eigenvalue weighted by atomic mass is 9.91. The van der Waals surface area contributed by atoms with Gasteiger partial charge in [-0.05, 0) is 30.7 Å². The van der Waals surface area contributed by atoms with Crippen LogP contribution in [-0.4, -0.2) is 12.0 Å². The molecule has 68 valence electrons. The van der Waals surface area contributed by atoms with Crippen molar-refractivity contribution in [2.45, 2.75) is 24.2 Å². The monoisotopic (exact) mass is 192 g/mol. The Morgan fingerprint density at radius 3 is 2.92 bits per heavy atom. The Labute approximate surface area is 82.5 Å². The molecule has 1 aromatic rings. The number of ketones is 1. The molecule has 0 amide bonds. The van der Waals surface area contributed by atoms with Gasteiger partial charge in [0.15, 0.2) is 5.78 Å². The minimum Gasteiger partial charge on any atom is -0.294 e. The molecule has 1 aliphatic carbocycles. The van der Waals surface area contributed by atoms with Crippen molar-refractivity contribution in [2.24, 2.45) is 0 Å². The van der Waals surface area contributed by atoms with Crippen molar-refractivity contribution in [1.82, 2.24) is 0 Å². The molecule has 0 aromatic heterocycles. The molecule has 0 saturated heterocycles. The highest BCUT2D eigenvalue weighted by atomic mass is 32.2. The number of carbonyl (C=O) groups is 1. The molecule has 0 spiro atoms. The summed E-state index contributed by atoms with van der Waals surface area (Å²) in [4.78, 5) is 12.8. The van der Waals surface area contributed by atoms with E-state index in [1.165, 1.54) is 5.56 Å². The van der Waals surface area contributed by atoms with Crippen LogP contribution in [0.1, 0.15) is 28.8 Å². The van der Waals surface area contributed by atoms with E-state index in [0.717, 1.165) is 29.7 Å². The maximum absolute atomic E-state index is 11.7. The topological polar surface area (TPSA) is 17.1 Å². The summed E-state index contributed by atoms with van der Waals surface area (Å²) in [5.41, 5.74) is 2.23. The first kappa shape index (κ1) is 8.82. The Morgan fingerprint density at radius 1 is 1.31 bits per heavy atom. The van der Waals surface area contributed by atoms with Crippen molar-refractivity contribution in [1.29, 1.82) is 0 Å². The summed E-state index contributed by atoms with van der Waals surface area (Å²) in [6, 6.07) is 6.15. The third-order valence-electron chi connectivity index (χ3n) is 2.46. The zero-order chi connectivity index (χ0) is 9.26. The Balaban J connectivity index is 2.56. The number of benzene rings is 1. The molecular formula is C11H12OS. The lowest BCUT2D eigenvalue weighted by molar-refractivity contribution is 0.0969. The van der Waals surface area contributed by atoms with E-state index in [4.69, 9.17) is 0 Å². The van der Waals surface area contributed by atoms with Gasteiger partial charge in [0.2, 0.25) is 0 Å². The van der Waals surface area contributed by atoms with Crippen LogP contribution in [0.25, 0.3) is 0 Å². The molecule has 0 unspecified atom stereocenters. The maximum Gasteiger partial charge on any atom is 0.164 e. The van der Waals surface area contributed by atoms with E-state index in [9.17, 15) is 4.79 Å². The van der Waals surface area contributed by atoms with Gasteiger partial charge in [-0.25, -0.2) is 0 Å². The van der Waals surface area contributed by atoms with Crippen molar-refractivity contribution in [3.05, 3.63) is 29.3 Å². The smallest absolute Gasteiger partial charge is 0.164 e. The van der Waals surface area contributed by atoms with E-state index < -0.39 is 0 Å². The zero-order valence-corrected chi connectivity index (χ0v) is 8.49. The molecule has 0 fully saturated rings. The Hall–Kier alpha value is -0.760. The van der Waals surface area contributed by atoms with Crippen molar-refractivity contribution in [3.63, 3.8) is 0 Å². The molecule has 0 bridgehead atoms. The minimum absolute atomic E-state index is 0.325. The molecular weight excluding hydrogens is 180 g/mol. The van der Waals surface area contributed by atoms with Crippen molar-refractivity contribution < 1.29 is 4.79 Å². The lowest BCUT2D eigenvalue weighted by Gasteiger charge is -2.16. The average molecular weight is 192 g/mol. The number of aryl methyl sites for hydroxylation is 1. The standard InChI is InChI=1S/C11H12OS/c1-13-10-7-3-5-8-4-2-6-9(12)11(8)10/h3,5,7H,2,4,6H2,1H3. The van der Waals surface area contributed by atoms with Gasteiger partial charge in [-0.15, -0.1) is 11.8 Å². The van der Waals surface area contributed by atoms with E-state index in [1.807, 2.05) is 18.4 Å². The van der Waals surface area contributed by atoms with Crippen LogP contribution >= 0.6 is 11.8 Å². The first-order valence-electron chi connectivity index (χ1n) is 4.52. The molecule has 0 saturated carbocycles. The Morgan fingerprint density at radius 2 is 2.15 bits per heavy atom. The predicted molar refractivity (Wildman–Crippen MR) is 55.5 cm³/mol. The number of hydrogen-bond donors (Lipinski definition) is 0. The molecule has 0 atom stereocenters. The van der Waals surface area contributed by atoms with Crippen molar-refractivity contribution >= 4 is 17.5 Å². The van der Waals surface area contributed by atoms with Gasteiger partial charge in [-0.3, -0.25) is 4.79 Å². The molecule has 2 rings (SSSR count). The van der Waals surface area contributed by atoms with Gasteiger partial charge < -0.3 is 0 Å². The van der Waals surface area contributed by atoms with Crippen molar-refractivity contribution in [2.75, 3.05) is 6.26 Å². The largest absolute Gasteiger partial charge is 0.294 e. The lowest BCUT2D eigenvalue weighted by Crippen LogP contribution is -2.11. The van der Waals surface area contributed by atoms with Crippen LogP contribution in [0.4, 0.5) is 0 Å². The first-order chi connectivity index (χ1) is 6.33. The predicted octanol–water partition coefficient (Wildman–Crippen LogP) is 2.93. The minimum atomic E-state index is 0.325. The van der Waals surface area contributed by atoms with Gasteiger partial charge in [0.05, 0.1) is 0 Å². The number of carbonyl (C=O) groups excluding carboxylic acids is 1. The van der Waals surface area contributed by atoms with E-state index in [2.05, 4.69) is 6.07 Å². The molecule has 0 radical (unpaired) electrons. The molecule has 0 N–H and O–H groups in total. The summed E-state index contributed by atoms with van der Waals surface area (Å²) < 4.78 is 0. The highest BCUT2D eigenvalue weighted by Gasteiger charge is 2.19. The Bertz CT molecular complexity index is 330. The maximum atomic E-state index is 11.7. The fourth-order valence-electron chi connectivity index (χ4n) is 1.84. The fourth-order valence-corrected chi connectivity index (χ4v) is 2.50. The highest BCUT2D eigenvalue weighted by Crippen LogP contribution is 2.29. The van der Waals surface area contributed by atoms with Crippen LogP contribution in [0.2, 0.25) is 0 Å². The quantitative estimate of drug-likeness (QED) is 0.636. The molecule has 0 heterocycles. The van der Waals surface area contributed by atoms with Gasteiger partial charge in [0.1, 0.15) is 0 Å². The molecule has 1 nitrogen and oxygen atoms in total. The number of rotatable bonds is 1. The van der Waals surface area contributed by atoms with Crippen LogP contribution in [0.5, 0.6) is 0 Å². The average Bonchev–Trinajstić information content (AvgIpc) is 2.17. The summed E-state index contributed by atoms with van der Waals surface area (Å²) in [5.74, 6) is 0.325. The van der Waals surface area contributed by atoms with Gasteiger partial charge in [-0.1, -0.05) is 12.1 Å². The van der Waals surface area contributed by atoms with Gasteiger partial charge in [0, 0.05) is 16.9 Å². The fraction of sp³-hybridized carbons (Fsp3) is 0.364. The van der Waals surface area contributed by atoms with Crippen LogP contribution in [0.15, 0.2) is 23.1 Å². The van der Waals surface area contributed by atoms with E-state index in [0.29, 0.717) is 5.78 Å². The molecule has 0 aliphatic heterocycles. The third kappa shape index (κ3) is 1.51. The number of thioether (sulfide) groups is 1. The second-order valence-electron chi connectivity index (χ2n) is 3.27. The van der Waals surface area contributed by atoms with Crippen molar-refractivity contribution in [3.8, 4) is 0 Å². The van der Waals surface area contributed by atoms with Crippen LogP contribution < -0.4 is 0 Å². The summed E-state index contributed by atoms with van der Waals surface area (Å²) in [6.45, 7) is 0. The van der Waals surface area contributed by atoms with E-state index in [1.54, 1.807) is 11.8 Å². The van der Waals surface area contributed by atoms with E-state index >= 15 is 0 Å². The van der Waals surface area contributed by atoms with Gasteiger partial charge in [0.25, 0.3) is 0 Å². The zero-order valence-electron chi connectivity index (χ0n) is 7.67. The van der Waals surface area contributed by atoms with E-state index in [-0.39, 0.29) is 0 Å². The molecule has 13 heavy (non-hydrogen) atoms. The normalized spacial score (nSPS) is 15.6. The molecule has 2 heteroatoms. The number of fused-ring (bicyclic) bond motifs is 1. The summed E-state index contributed by atoms with van der Waals surface area (Å²) >= 11 is 1.67. The number of Topliss-reactive ketones (excluding diaryl/α,β-unsaturated/α-hetero) is 1. The SMILES string of the molecule is CSc1cccc2c1C(=O)CCC2. The van der Waals surface area contributed by atoms with Gasteiger partial charge >= 0.3 is 0 Å². The highest BCUT2D eigenvalue weighted by molar-refractivity contribution is 7.98. The molecule has 1 aromatic carbocycles. The first-order valence-corrected chi connectivity index (χ1v) is 5.74. The Kier molecular flexibility index (Phi) is 2.40. The third-order valence-corrected chi connectivity index (χ3v) is 3.24.